The van der Waals surface area contributed by atoms with Gasteiger partial charge < -0.3 is 4.74 Å². The molecule has 0 heterocycles. The highest BCUT2D eigenvalue weighted by atomic mass is 79.9. The summed E-state index contributed by atoms with van der Waals surface area (Å²) < 4.78 is 17.9. The zero-order valence-electron chi connectivity index (χ0n) is 7.97. The van der Waals surface area contributed by atoms with Gasteiger partial charge >= 0.3 is 0 Å². The standard InChI is InChI=1S/C11H12BrFO/c1-14-11-8-10(13)6-5-9(11)4-2-3-7-12/h2,4-6,8H,3,7H2,1H3. The number of methoxy groups -OCH3 is 1. The fraction of sp³-hybridized carbons (Fsp3) is 0.273. The summed E-state index contributed by atoms with van der Waals surface area (Å²) in [4.78, 5) is 0. The van der Waals surface area contributed by atoms with Gasteiger partial charge in [0.15, 0.2) is 0 Å². The summed E-state index contributed by atoms with van der Waals surface area (Å²) >= 11 is 3.33. The van der Waals surface area contributed by atoms with E-state index in [4.69, 9.17) is 4.74 Å². The van der Waals surface area contributed by atoms with Crippen LogP contribution in [0.4, 0.5) is 4.39 Å². The first-order chi connectivity index (χ1) is 6.77. The third kappa shape index (κ3) is 3.14. The Labute approximate surface area is 91.7 Å². The molecule has 14 heavy (non-hydrogen) atoms. The summed E-state index contributed by atoms with van der Waals surface area (Å²) in [6.07, 6.45) is 4.89. The molecule has 0 spiro atoms. The number of alkyl halides is 1. The number of hydrogen-bond donors (Lipinski definition) is 0. The van der Waals surface area contributed by atoms with Gasteiger partial charge in [0.1, 0.15) is 11.6 Å². The average Bonchev–Trinajstić information content (AvgIpc) is 2.20. The van der Waals surface area contributed by atoms with Crippen molar-refractivity contribution >= 4 is 22.0 Å². The maximum absolute atomic E-state index is 12.8. The Morgan fingerprint density at radius 3 is 2.93 bits per heavy atom. The maximum Gasteiger partial charge on any atom is 0.128 e. The van der Waals surface area contributed by atoms with E-state index in [-0.39, 0.29) is 5.82 Å². The van der Waals surface area contributed by atoms with Crippen molar-refractivity contribution < 1.29 is 9.13 Å². The van der Waals surface area contributed by atoms with Crippen LogP contribution in [0, 0.1) is 5.82 Å². The van der Waals surface area contributed by atoms with Crippen molar-refractivity contribution in [2.45, 2.75) is 6.42 Å². The van der Waals surface area contributed by atoms with Gasteiger partial charge in [0.2, 0.25) is 0 Å². The molecule has 0 unspecified atom stereocenters. The molecule has 0 saturated heterocycles. The zero-order chi connectivity index (χ0) is 10.4. The first-order valence-electron chi connectivity index (χ1n) is 4.34. The van der Waals surface area contributed by atoms with Gasteiger partial charge in [-0.25, -0.2) is 4.39 Å². The zero-order valence-corrected chi connectivity index (χ0v) is 9.55. The molecule has 0 amide bonds. The molecule has 0 bridgehead atoms. The van der Waals surface area contributed by atoms with Crippen LogP contribution in [-0.2, 0) is 0 Å². The number of hydrogen-bond acceptors (Lipinski definition) is 1. The fourth-order valence-electron chi connectivity index (χ4n) is 1.10. The third-order valence-corrected chi connectivity index (χ3v) is 2.23. The summed E-state index contributed by atoms with van der Waals surface area (Å²) in [6.45, 7) is 0. The normalized spacial score (nSPS) is 10.8. The highest BCUT2D eigenvalue weighted by Crippen LogP contribution is 2.20. The molecule has 76 valence electrons. The van der Waals surface area contributed by atoms with Crippen LogP contribution < -0.4 is 4.74 Å². The molecule has 0 fully saturated rings. The van der Waals surface area contributed by atoms with Crippen LogP contribution in [0.5, 0.6) is 5.75 Å². The molecule has 0 N–H and O–H groups in total. The predicted molar refractivity (Wildman–Crippen MR) is 60.4 cm³/mol. The van der Waals surface area contributed by atoms with Crippen molar-refractivity contribution in [2.75, 3.05) is 12.4 Å². The number of benzene rings is 1. The summed E-state index contributed by atoms with van der Waals surface area (Å²) in [5, 5.41) is 0.924. The smallest absolute Gasteiger partial charge is 0.128 e. The van der Waals surface area contributed by atoms with Gasteiger partial charge in [-0.05, 0) is 18.6 Å². The van der Waals surface area contributed by atoms with E-state index >= 15 is 0 Å². The van der Waals surface area contributed by atoms with E-state index in [0.717, 1.165) is 17.3 Å². The lowest BCUT2D eigenvalue weighted by Crippen LogP contribution is -1.88. The SMILES string of the molecule is COc1cc(F)ccc1C=CCCBr. The second kappa shape index (κ2) is 5.81. The Morgan fingerprint density at radius 2 is 2.29 bits per heavy atom. The van der Waals surface area contributed by atoms with Crippen molar-refractivity contribution in [2.24, 2.45) is 0 Å². The van der Waals surface area contributed by atoms with Crippen LogP contribution in [0.2, 0.25) is 0 Å². The lowest BCUT2D eigenvalue weighted by molar-refractivity contribution is 0.410. The van der Waals surface area contributed by atoms with Gasteiger partial charge in [0, 0.05) is 17.0 Å². The van der Waals surface area contributed by atoms with E-state index in [2.05, 4.69) is 15.9 Å². The van der Waals surface area contributed by atoms with Gasteiger partial charge in [-0.15, -0.1) is 0 Å². The fourth-order valence-corrected chi connectivity index (χ4v) is 1.36. The molecule has 0 saturated carbocycles. The highest BCUT2D eigenvalue weighted by molar-refractivity contribution is 9.09. The molecule has 0 aliphatic carbocycles. The summed E-state index contributed by atoms with van der Waals surface area (Å²) in [5.41, 5.74) is 0.898. The van der Waals surface area contributed by atoms with E-state index in [0.29, 0.717) is 5.75 Å². The molecule has 0 aliphatic rings. The van der Waals surface area contributed by atoms with Crippen LogP contribution in [-0.4, -0.2) is 12.4 Å². The first kappa shape index (κ1) is 11.2. The highest BCUT2D eigenvalue weighted by Gasteiger charge is 2.00. The largest absolute Gasteiger partial charge is 0.496 e. The molecule has 0 radical (unpaired) electrons. The van der Waals surface area contributed by atoms with Crippen LogP contribution in [0.15, 0.2) is 24.3 Å². The summed E-state index contributed by atoms with van der Waals surface area (Å²) in [7, 11) is 1.54. The number of halogens is 2. The Hall–Kier alpha value is -0.830. The van der Waals surface area contributed by atoms with Gasteiger partial charge in [0.05, 0.1) is 7.11 Å². The van der Waals surface area contributed by atoms with Crippen molar-refractivity contribution in [1.29, 1.82) is 0 Å². The van der Waals surface area contributed by atoms with Crippen molar-refractivity contribution in [1.82, 2.24) is 0 Å². The van der Waals surface area contributed by atoms with Crippen molar-refractivity contribution in [3.63, 3.8) is 0 Å². The Bertz CT molecular complexity index is 323. The molecule has 1 aromatic rings. The molecule has 0 aromatic heterocycles. The number of rotatable bonds is 4. The molecule has 0 atom stereocenters. The van der Waals surface area contributed by atoms with Gasteiger partial charge in [0.25, 0.3) is 0 Å². The number of ether oxygens (including phenoxy) is 1. The first-order valence-corrected chi connectivity index (χ1v) is 5.46. The summed E-state index contributed by atoms with van der Waals surface area (Å²) in [5.74, 6) is 0.287. The van der Waals surface area contributed by atoms with Gasteiger partial charge in [-0.2, -0.15) is 0 Å². The monoisotopic (exact) mass is 258 g/mol. The van der Waals surface area contributed by atoms with E-state index in [1.165, 1.54) is 19.2 Å². The minimum atomic E-state index is -0.278. The molecule has 1 rings (SSSR count). The van der Waals surface area contributed by atoms with Gasteiger partial charge in [-0.1, -0.05) is 28.1 Å². The molecule has 3 heteroatoms. The second-order valence-corrected chi connectivity index (χ2v) is 3.56. The van der Waals surface area contributed by atoms with Crippen LogP contribution in [0.1, 0.15) is 12.0 Å². The Balaban J connectivity index is 2.85. The molecule has 1 aromatic carbocycles. The van der Waals surface area contributed by atoms with Crippen molar-refractivity contribution in [3.8, 4) is 5.75 Å². The average molecular weight is 259 g/mol. The van der Waals surface area contributed by atoms with Crippen LogP contribution >= 0.6 is 15.9 Å². The van der Waals surface area contributed by atoms with E-state index < -0.39 is 0 Å². The van der Waals surface area contributed by atoms with Crippen LogP contribution in [0.25, 0.3) is 6.08 Å². The third-order valence-electron chi connectivity index (χ3n) is 1.77. The van der Waals surface area contributed by atoms with Crippen LogP contribution in [0.3, 0.4) is 0 Å². The predicted octanol–water partition coefficient (Wildman–Crippen LogP) is 3.63. The molecular weight excluding hydrogens is 247 g/mol. The number of allylic oxidation sites excluding steroid dienone is 1. The molecular formula is C11H12BrFO. The van der Waals surface area contributed by atoms with E-state index in [9.17, 15) is 4.39 Å². The second-order valence-electron chi connectivity index (χ2n) is 2.77. The van der Waals surface area contributed by atoms with E-state index in [1.54, 1.807) is 6.07 Å². The topological polar surface area (TPSA) is 9.23 Å². The summed E-state index contributed by atoms with van der Waals surface area (Å²) in [6, 6.07) is 4.52. The van der Waals surface area contributed by atoms with Crippen molar-refractivity contribution in [3.05, 3.63) is 35.7 Å². The minimum Gasteiger partial charge on any atom is -0.496 e. The quantitative estimate of drug-likeness (QED) is 0.750. The Kier molecular flexibility index (Phi) is 4.66. The Morgan fingerprint density at radius 1 is 1.50 bits per heavy atom. The maximum atomic E-state index is 12.8. The lowest BCUT2D eigenvalue weighted by Gasteiger charge is -2.03. The lowest BCUT2D eigenvalue weighted by atomic mass is 10.1. The minimum absolute atomic E-state index is 0.278. The molecule has 1 nitrogen and oxygen atoms in total. The molecule has 0 aliphatic heterocycles. The van der Waals surface area contributed by atoms with E-state index in [1.807, 2.05) is 12.2 Å². The van der Waals surface area contributed by atoms with Gasteiger partial charge in [-0.3, -0.25) is 0 Å².